The van der Waals surface area contributed by atoms with E-state index < -0.39 is 0 Å². The predicted molar refractivity (Wildman–Crippen MR) is 52.2 cm³/mol. The summed E-state index contributed by atoms with van der Waals surface area (Å²) in [6, 6.07) is 1.80. The van der Waals surface area contributed by atoms with Crippen LogP contribution in [0.4, 0.5) is 0 Å². The third-order valence-corrected chi connectivity index (χ3v) is 3.85. The second-order valence-corrected chi connectivity index (χ2v) is 5.31. The van der Waals surface area contributed by atoms with E-state index in [1.807, 2.05) is 0 Å². The third-order valence-electron chi connectivity index (χ3n) is 3.85. The lowest BCUT2D eigenvalue weighted by molar-refractivity contribution is 0.211. The molecule has 0 aromatic rings. The number of nitrogens with zero attached hydrogens (tertiary/aromatic N) is 1. The molecular formula is C11H21N. The molecule has 2 aliphatic rings. The van der Waals surface area contributed by atoms with Crippen LogP contribution in [0.2, 0.25) is 0 Å². The first-order chi connectivity index (χ1) is 5.61. The maximum atomic E-state index is 2.65. The molecule has 0 N–H and O–H groups in total. The Morgan fingerprint density at radius 2 is 1.67 bits per heavy atom. The molecular weight excluding hydrogens is 146 g/mol. The number of hydrogen-bond donors (Lipinski definition) is 0. The van der Waals surface area contributed by atoms with Gasteiger partial charge in [-0.05, 0) is 31.7 Å². The van der Waals surface area contributed by atoms with Gasteiger partial charge < -0.3 is 0 Å². The van der Waals surface area contributed by atoms with Gasteiger partial charge in [0.2, 0.25) is 0 Å². The Bertz CT molecular complexity index is 163. The predicted octanol–water partition coefficient (Wildman–Crippen LogP) is 2.66. The van der Waals surface area contributed by atoms with Crippen molar-refractivity contribution in [1.82, 2.24) is 4.90 Å². The highest BCUT2D eigenvalue weighted by Crippen LogP contribution is 2.49. The average molecular weight is 167 g/mol. The van der Waals surface area contributed by atoms with Crippen LogP contribution in [0.1, 0.15) is 46.0 Å². The molecule has 1 nitrogen and oxygen atoms in total. The zero-order valence-electron chi connectivity index (χ0n) is 8.64. The van der Waals surface area contributed by atoms with Crippen molar-refractivity contribution in [3.05, 3.63) is 0 Å². The molecule has 0 amide bonds. The first-order valence-electron chi connectivity index (χ1n) is 5.33. The molecule has 0 saturated heterocycles. The van der Waals surface area contributed by atoms with Crippen molar-refractivity contribution in [3.8, 4) is 0 Å². The summed E-state index contributed by atoms with van der Waals surface area (Å²) < 4.78 is 0. The van der Waals surface area contributed by atoms with E-state index in [9.17, 15) is 0 Å². The Hall–Kier alpha value is -0.0400. The minimum Gasteiger partial charge on any atom is -0.300 e. The van der Waals surface area contributed by atoms with Gasteiger partial charge in [-0.25, -0.2) is 0 Å². The minimum atomic E-state index is 0.622. The van der Waals surface area contributed by atoms with E-state index in [1.165, 1.54) is 32.1 Å². The van der Waals surface area contributed by atoms with Gasteiger partial charge >= 0.3 is 0 Å². The largest absolute Gasteiger partial charge is 0.300 e. The van der Waals surface area contributed by atoms with E-state index in [4.69, 9.17) is 0 Å². The number of hydrogen-bond acceptors (Lipinski definition) is 1. The lowest BCUT2D eigenvalue weighted by atomic mass is 10.1. The first kappa shape index (κ1) is 8.55. The van der Waals surface area contributed by atoms with Crippen molar-refractivity contribution in [2.45, 2.75) is 58.0 Å². The van der Waals surface area contributed by atoms with Crippen LogP contribution in [-0.2, 0) is 0 Å². The van der Waals surface area contributed by atoms with Crippen molar-refractivity contribution in [2.75, 3.05) is 7.05 Å². The van der Waals surface area contributed by atoms with Crippen LogP contribution in [0.5, 0.6) is 0 Å². The minimum absolute atomic E-state index is 0.622. The fourth-order valence-corrected chi connectivity index (χ4v) is 2.70. The van der Waals surface area contributed by atoms with Gasteiger partial charge in [-0.1, -0.05) is 26.7 Å². The molecule has 12 heavy (non-hydrogen) atoms. The van der Waals surface area contributed by atoms with Crippen LogP contribution < -0.4 is 0 Å². The van der Waals surface area contributed by atoms with Gasteiger partial charge in [0, 0.05) is 12.1 Å². The molecule has 70 valence electrons. The summed E-state index contributed by atoms with van der Waals surface area (Å²) in [7, 11) is 2.33. The van der Waals surface area contributed by atoms with Crippen molar-refractivity contribution < 1.29 is 0 Å². The van der Waals surface area contributed by atoms with Crippen molar-refractivity contribution in [3.63, 3.8) is 0 Å². The SMILES string of the molecule is CN(C1CCCC1)C1CC1(C)C. The second-order valence-electron chi connectivity index (χ2n) is 5.31. The van der Waals surface area contributed by atoms with E-state index in [0.29, 0.717) is 5.41 Å². The Kier molecular flexibility index (Phi) is 1.95. The highest BCUT2D eigenvalue weighted by molar-refractivity contribution is 5.03. The Morgan fingerprint density at radius 3 is 2.08 bits per heavy atom. The lowest BCUT2D eigenvalue weighted by Crippen LogP contribution is -2.33. The topological polar surface area (TPSA) is 3.24 Å². The fraction of sp³-hybridized carbons (Fsp3) is 1.00. The summed E-state index contributed by atoms with van der Waals surface area (Å²) in [6.07, 6.45) is 7.23. The molecule has 1 atom stereocenters. The van der Waals surface area contributed by atoms with Crippen LogP contribution >= 0.6 is 0 Å². The molecule has 0 heterocycles. The molecule has 0 aromatic heterocycles. The third kappa shape index (κ3) is 1.39. The van der Waals surface area contributed by atoms with E-state index in [2.05, 4.69) is 25.8 Å². The van der Waals surface area contributed by atoms with Gasteiger partial charge in [0.15, 0.2) is 0 Å². The molecule has 0 aromatic carbocycles. The van der Waals surface area contributed by atoms with Gasteiger partial charge in [-0.2, -0.15) is 0 Å². The monoisotopic (exact) mass is 167 g/mol. The maximum absolute atomic E-state index is 2.65. The molecule has 0 radical (unpaired) electrons. The van der Waals surface area contributed by atoms with Crippen molar-refractivity contribution in [1.29, 1.82) is 0 Å². The second kappa shape index (κ2) is 2.73. The van der Waals surface area contributed by atoms with Crippen LogP contribution in [0.15, 0.2) is 0 Å². The number of rotatable bonds is 2. The zero-order chi connectivity index (χ0) is 8.77. The summed E-state index contributed by atoms with van der Waals surface area (Å²) in [5.41, 5.74) is 0.622. The van der Waals surface area contributed by atoms with Crippen LogP contribution in [0.3, 0.4) is 0 Å². The molecule has 2 fully saturated rings. The molecule has 0 bridgehead atoms. The van der Waals surface area contributed by atoms with Crippen LogP contribution in [0.25, 0.3) is 0 Å². The molecule has 1 heteroatoms. The lowest BCUT2D eigenvalue weighted by Gasteiger charge is -2.25. The average Bonchev–Trinajstić information content (AvgIpc) is 2.56. The van der Waals surface area contributed by atoms with E-state index in [1.54, 1.807) is 0 Å². The highest BCUT2D eigenvalue weighted by atomic mass is 15.2. The molecule has 2 rings (SSSR count). The molecule has 2 saturated carbocycles. The van der Waals surface area contributed by atoms with E-state index in [0.717, 1.165) is 12.1 Å². The molecule has 0 spiro atoms. The Balaban J connectivity index is 1.88. The highest BCUT2D eigenvalue weighted by Gasteiger charge is 2.49. The standard InChI is InChI=1S/C11H21N/c1-11(2)8-10(11)12(3)9-6-4-5-7-9/h9-10H,4-8H2,1-3H3. The fourth-order valence-electron chi connectivity index (χ4n) is 2.70. The normalized spacial score (nSPS) is 34.5. The maximum Gasteiger partial charge on any atom is 0.0152 e. The summed E-state index contributed by atoms with van der Waals surface area (Å²) in [5, 5.41) is 0. The summed E-state index contributed by atoms with van der Waals surface area (Å²) in [6.45, 7) is 4.78. The molecule has 1 unspecified atom stereocenters. The van der Waals surface area contributed by atoms with Gasteiger partial charge in [0.25, 0.3) is 0 Å². The van der Waals surface area contributed by atoms with Crippen LogP contribution in [-0.4, -0.2) is 24.0 Å². The van der Waals surface area contributed by atoms with Gasteiger partial charge in [-0.15, -0.1) is 0 Å². The zero-order valence-corrected chi connectivity index (χ0v) is 8.64. The van der Waals surface area contributed by atoms with Crippen molar-refractivity contribution in [2.24, 2.45) is 5.41 Å². The smallest absolute Gasteiger partial charge is 0.0152 e. The van der Waals surface area contributed by atoms with Gasteiger partial charge in [0.1, 0.15) is 0 Å². The summed E-state index contributed by atoms with van der Waals surface area (Å²) in [5.74, 6) is 0. The quantitative estimate of drug-likeness (QED) is 0.611. The summed E-state index contributed by atoms with van der Waals surface area (Å²) >= 11 is 0. The summed E-state index contributed by atoms with van der Waals surface area (Å²) in [4.78, 5) is 2.65. The molecule has 0 aliphatic heterocycles. The van der Waals surface area contributed by atoms with Gasteiger partial charge in [0.05, 0.1) is 0 Å². The van der Waals surface area contributed by atoms with E-state index in [-0.39, 0.29) is 0 Å². The van der Waals surface area contributed by atoms with E-state index >= 15 is 0 Å². The Labute approximate surface area is 76.1 Å². The van der Waals surface area contributed by atoms with Crippen molar-refractivity contribution >= 4 is 0 Å². The Morgan fingerprint density at radius 1 is 1.17 bits per heavy atom. The molecule has 2 aliphatic carbocycles. The van der Waals surface area contributed by atoms with Gasteiger partial charge in [-0.3, -0.25) is 4.90 Å². The first-order valence-corrected chi connectivity index (χ1v) is 5.33. The van der Waals surface area contributed by atoms with Crippen LogP contribution in [0, 0.1) is 5.41 Å².